The van der Waals surface area contributed by atoms with E-state index in [1.807, 2.05) is 24.3 Å². The molecule has 152 valence electrons. The van der Waals surface area contributed by atoms with E-state index in [2.05, 4.69) is 4.90 Å². The Morgan fingerprint density at radius 2 is 1.82 bits per heavy atom. The van der Waals surface area contributed by atoms with Crippen LogP contribution in [0.25, 0.3) is 5.57 Å². The summed E-state index contributed by atoms with van der Waals surface area (Å²) in [4.78, 5) is 15.7. The quantitative estimate of drug-likeness (QED) is 0.862. The number of carbonyl (C=O) groups is 1. The Hall–Kier alpha value is -1.85. The summed E-state index contributed by atoms with van der Waals surface area (Å²) in [7, 11) is 1.63. The molecule has 5 nitrogen and oxygen atoms in total. The molecule has 0 bridgehead atoms. The van der Waals surface area contributed by atoms with Crippen molar-refractivity contribution >= 4 is 11.4 Å². The third kappa shape index (κ3) is 3.96. The number of hydrogen-bond donors (Lipinski definition) is 1. The molecule has 2 heterocycles. The third-order valence-corrected chi connectivity index (χ3v) is 6.60. The predicted octanol–water partition coefficient (Wildman–Crippen LogP) is 3.27. The van der Waals surface area contributed by atoms with Gasteiger partial charge < -0.3 is 19.5 Å². The van der Waals surface area contributed by atoms with Crippen LogP contribution in [0.1, 0.15) is 44.1 Å². The molecule has 1 saturated carbocycles. The second-order valence-corrected chi connectivity index (χ2v) is 8.35. The van der Waals surface area contributed by atoms with Crippen molar-refractivity contribution in [2.75, 3.05) is 26.7 Å². The number of likely N-dealkylation sites (tertiary alicyclic amines) is 1. The zero-order valence-electron chi connectivity index (χ0n) is 16.7. The fourth-order valence-corrected chi connectivity index (χ4v) is 4.95. The van der Waals surface area contributed by atoms with Crippen molar-refractivity contribution in [2.45, 2.75) is 50.7 Å². The van der Waals surface area contributed by atoms with E-state index in [0.717, 1.165) is 30.9 Å². The number of methoxy groups -OCH3 is 1. The normalized spacial score (nSPS) is 31.4. The van der Waals surface area contributed by atoms with Crippen molar-refractivity contribution in [3.63, 3.8) is 0 Å². The first-order valence-corrected chi connectivity index (χ1v) is 10.6. The molecule has 4 atom stereocenters. The molecule has 28 heavy (non-hydrogen) atoms. The van der Waals surface area contributed by atoms with E-state index >= 15 is 0 Å². The number of ketones is 1. The lowest BCUT2D eigenvalue weighted by Gasteiger charge is -2.43. The highest BCUT2D eigenvalue weighted by molar-refractivity contribution is 6.22. The molecule has 0 spiro atoms. The van der Waals surface area contributed by atoms with E-state index in [1.165, 1.54) is 25.7 Å². The van der Waals surface area contributed by atoms with Gasteiger partial charge in [-0.15, -0.1) is 0 Å². The number of Topliss-reactive ketones (excluding diaryl/α,β-unsaturated/α-hetero) is 1. The highest BCUT2D eigenvalue weighted by atomic mass is 16.5. The number of allylic oxidation sites excluding steroid dienone is 1. The standard InChI is InChI=1S/C23H31NO4/c1-27-17-8-6-16(7-9-17)20-15-28-23-18(22(20)26)10-11-21(25)19(23)14-24-12-4-2-3-5-13-24/h6-9,15,18-19,21,23,25H,2-5,10-14H2,1H3. The van der Waals surface area contributed by atoms with E-state index in [-0.39, 0.29) is 23.7 Å². The lowest BCUT2D eigenvalue weighted by molar-refractivity contribution is -0.133. The molecule has 1 aromatic carbocycles. The molecule has 1 saturated heterocycles. The van der Waals surface area contributed by atoms with E-state index < -0.39 is 6.10 Å². The molecule has 0 radical (unpaired) electrons. The van der Waals surface area contributed by atoms with Crippen LogP contribution < -0.4 is 4.74 Å². The number of rotatable bonds is 4. The highest BCUT2D eigenvalue weighted by Crippen LogP contribution is 2.40. The average molecular weight is 386 g/mol. The number of ether oxygens (including phenoxy) is 2. The first-order valence-electron chi connectivity index (χ1n) is 10.6. The number of aliphatic hydroxyl groups is 1. The number of carbonyl (C=O) groups excluding carboxylic acids is 1. The van der Waals surface area contributed by atoms with Crippen LogP contribution in [0, 0.1) is 11.8 Å². The van der Waals surface area contributed by atoms with Crippen molar-refractivity contribution in [1.82, 2.24) is 4.90 Å². The van der Waals surface area contributed by atoms with Crippen LogP contribution in [0.4, 0.5) is 0 Å². The van der Waals surface area contributed by atoms with Crippen LogP contribution in [0.2, 0.25) is 0 Å². The zero-order chi connectivity index (χ0) is 19.5. The maximum absolute atomic E-state index is 13.2. The lowest BCUT2D eigenvalue weighted by atomic mass is 9.72. The Labute approximate surface area is 167 Å². The van der Waals surface area contributed by atoms with Crippen molar-refractivity contribution in [3.8, 4) is 5.75 Å². The molecule has 4 rings (SSSR count). The van der Waals surface area contributed by atoms with Gasteiger partial charge in [-0.1, -0.05) is 25.0 Å². The number of nitrogens with zero attached hydrogens (tertiary/aromatic N) is 1. The molecular formula is C23H31NO4. The molecule has 3 aliphatic rings. The molecule has 5 heteroatoms. The van der Waals surface area contributed by atoms with Gasteiger partial charge in [0.1, 0.15) is 11.9 Å². The Balaban J connectivity index is 1.52. The average Bonchev–Trinajstić information content (AvgIpc) is 2.99. The number of hydrogen-bond acceptors (Lipinski definition) is 5. The highest BCUT2D eigenvalue weighted by Gasteiger charge is 2.46. The van der Waals surface area contributed by atoms with Gasteiger partial charge >= 0.3 is 0 Å². The van der Waals surface area contributed by atoms with Crippen molar-refractivity contribution in [2.24, 2.45) is 11.8 Å². The third-order valence-electron chi connectivity index (χ3n) is 6.60. The summed E-state index contributed by atoms with van der Waals surface area (Å²) in [6.07, 6.45) is 7.39. The van der Waals surface area contributed by atoms with Crippen LogP contribution in [0.5, 0.6) is 5.75 Å². The van der Waals surface area contributed by atoms with Gasteiger partial charge in [0.15, 0.2) is 5.78 Å². The fraction of sp³-hybridized carbons (Fsp3) is 0.609. The van der Waals surface area contributed by atoms with E-state index in [0.29, 0.717) is 18.4 Å². The monoisotopic (exact) mass is 385 g/mol. The molecule has 2 aliphatic heterocycles. The molecular weight excluding hydrogens is 354 g/mol. The summed E-state index contributed by atoms with van der Waals surface area (Å²) in [6.45, 7) is 2.99. The van der Waals surface area contributed by atoms with Gasteiger partial charge in [-0.05, 0) is 56.5 Å². The molecule has 0 amide bonds. The maximum atomic E-state index is 13.2. The Kier molecular flexibility index (Phi) is 6.02. The van der Waals surface area contributed by atoms with E-state index in [9.17, 15) is 9.90 Å². The van der Waals surface area contributed by atoms with Crippen molar-refractivity contribution in [3.05, 3.63) is 36.1 Å². The number of aliphatic hydroxyl groups excluding tert-OH is 1. The smallest absolute Gasteiger partial charge is 0.173 e. The summed E-state index contributed by atoms with van der Waals surface area (Å²) < 4.78 is 11.3. The van der Waals surface area contributed by atoms with Crippen LogP contribution in [-0.4, -0.2) is 54.7 Å². The van der Waals surface area contributed by atoms with E-state index in [4.69, 9.17) is 9.47 Å². The first-order chi connectivity index (χ1) is 13.7. The lowest BCUT2D eigenvalue weighted by Crippen LogP contribution is -2.52. The minimum absolute atomic E-state index is 0.00512. The summed E-state index contributed by atoms with van der Waals surface area (Å²) in [5.41, 5.74) is 1.49. The summed E-state index contributed by atoms with van der Waals surface area (Å²) in [6, 6.07) is 7.53. The SMILES string of the molecule is COc1ccc(C2=COC3C(CCC(O)C3CN3CCCCCC3)C2=O)cc1. The van der Waals surface area contributed by atoms with E-state index in [1.54, 1.807) is 13.4 Å². The van der Waals surface area contributed by atoms with Crippen molar-refractivity contribution in [1.29, 1.82) is 0 Å². The van der Waals surface area contributed by atoms with Gasteiger partial charge in [-0.25, -0.2) is 0 Å². The van der Waals surface area contributed by atoms with Crippen LogP contribution in [0.15, 0.2) is 30.5 Å². The van der Waals surface area contributed by atoms with Gasteiger partial charge in [0.2, 0.25) is 0 Å². The minimum atomic E-state index is -0.395. The Morgan fingerprint density at radius 1 is 1.11 bits per heavy atom. The zero-order valence-corrected chi connectivity index (χ0v) is 16.7. The molecule has 1 N–H and O–H groups in total. The largest absolute Gasteiger partial charge is 0.497 e. The minimum Gasteiger partial charge on any atom is -0.497 e. The van der Waals surface area contributed by atoms with Gasteiger partial charge in [-0.2, -0.15) is 0 Å². The Morgan fingerprint density at radius 3 is 2.50 bits per heavy atom. The number of benzene rings is 1. The maximum Gasteiger partial charge on any atom is 0.173 e. The van der Waals surface area contributed by atoms with Crippen LogP contribution in [-0.2, 0) is 9.53 Å². The predicted molar refractivity (Wildman–Crippen MR) is 108 cm³/mol. The molecule has 1 aromatic rings. The molecule has 4 unspecified atom stereocenters. The summed E-state index contributed by atoms with van der Waals surface area (Å²) in [5, 5.41) is 10.7. The Bertz CT molecular complexity index is 706. The number of fused-ring (bicyclic) bond motifs is 1. The second kappa shape index (κ2) is 8.66. The fourth-order valence-electron chi connectivity index (χ4n) is 4.95. The van der Waals surface area contributed by atoms with Crippen LogP contribution >= 0.6 is 0 Å². The first kappa shape index (κ1) is 19.5. The summed E-state index contributed by atoms with van der Waals surface area (Å²) >= 11 is 0. The second-order valence-electron chi connectivity index (χ2n) is 8.35. The van der Waals surface area contributed by atoms with Gasteiger partial charge in [0.05, 0.1) is 31.0 Å². The molecule has 0 aromatic heterocycles. The van der Waals surface area contributed by atoms with Crippen molar-refractivity contribution < 1.29 is 19.4 Å². The van der Waals surface area contributed by atoms with Gasteiger partial charge in [0, 0.05) is 12.5 Å². The van der Waals surface area contributed by atoms with Gasteiger partial charge in [-0.3, -0.25) is 4.79 Å². The topological polar surface area (TPSA) is 59.0 Å². The van der Waals surface area contributed by atoms with Gasteiger partial charge in [0.25, 0.3) is 0 Å². The molecule has 2 fully saturated rings. The summed E-state index contributed by atoms with van der Waals surface area (Å²) in [5.74, 6) is 0.746. The van der Waals surface area contributed by atoms with Crippen LogP contribution in [0.3, 0.4) is 0 Å². The molecule has 1 aliphatic carbocycles.